The maximum Gasteiger partial charge on any atom is 0.223 e. The molecule has 2 bridgehead atoms. The van der Waals surface area contributed by atoms with Crippen LogP contribution in [0.3, 0.4) is 0 Å². The van der Waals surface area contributed by atoms with Gasteiger partial charge in [0.15, 0.2) is 0 Å². The van der Waals surface area contributed by atoms with Crippen molar-refractivity contribution in [2.75, 3.05) is 26.4 Å². The fourth-order valence-corrected chi connectivity index (χ4v) is 3.87. The molecular weight excluding hydrogens is 409 g/mol. The van der Waals surface area contributed by atoms with Crippen molar-refractivity contribution >= 4 is 5.91 Å². The molecular formula is C25H28FN3O3. The molecule has 0 spiro atoms. The molecule has 3 aromatic rings. The Morgan fingerprint density at radius 2 is 2.00 bits per heavy atom. The molecule has 1 aliphatic rings. The first kappa shape index (κ1) is 22.0. The second-order valence-electron chi connectivity index (χ2n) is 7.93. The molecule has 1 aliphatic heterocycles. The maximum atomic E-state index is 13.8. The fraction of sp³-hybridized carbons (Fsp3) is 0.360. The third-order valence-electron chi connectivity index (χ3n) is 5.49. The number of fused-ring (bicyclic) bond motifs is 3. The highest BCUT2D eigenvalue weighted by Crippen LogP contribution is 2.24. The molecule has 0 atom stereocenters. The number of imidazole rings is 1. The molecule has 0 fully saturated rings. The van der Waals surface area contributed by atoms with E-state index in [-0.39, 0.29) is 11.7 Å². The van der Waals surface area contributed by atoms with Crippen LogP contribution in [0.4, 0.5) is 4.39 Å². The fourth-order valence-electron chi connectivity index (χ4n) is 3.87. The summed E-state index contributed by atoms with van der Waals surface area (Å²) in [6, 6.07) is 12.7. The Balaban J connectivity index is 1.48. The first-order valence-electron chi connectivity index (χ1n) is 11.0. The number of aryl methyl sites for hydroxylation is 1. The zero-order valence-corrected chi connectivity index (χ0v) is 18.1. The quantitative estimate of drug-likeness (QED) is 0.623. The van der Waals surface area contributed by atoms with Crippen molar-refractivity contribution in [2.45, 2.75) is 32.4 Å². The van der Waals surface area contributed by atoms with E-state index in [9.17, 15) is 9.18 Å². The molecule has 4 rings (SSSR count). The van der Waals surface area contributed by atoms with E-state index in [2.05, 4.69) is 11.1 Å². The largest absolute Gasteiger partial charge is 0.491 e. The number of amides is 1. The Morgan fingerprint density at radius 1 is 1.09 bits per heavy atom. The van der Waals surface area contributed by atoms with E-state index in [0.29, 0.717) is 51.5 Å². The van der Waals surface area contributed by atoms with Crippen molar-refractivity contribution in [2.24, 2.45) is 0 Å². The van der Waals surface area contributed by atoms with Crippen LogP contribution in [0.2, 0.25) is 0 Å². The summed E-state index contributed by atoms with van der Waals surface area (Å²) in [6.07, 6.45) is 7.18. The van der Waals surface area contributed by atoms with Gasteiger partial charge in [-0.15, -0.1) is 0 Å². The molecule has 0 saturated carbocycles. The standard InChI is InChI=1S/C25H28FN3O3/c26-23-6-7-24-22(17-23)16-20-3-1-4-21(15-20)18-29(11-12-31-13-14-32-24)25(30)5-2-9-28-10-8-27-19-28/h1,3-4,6-8,10,15,17,19H,2,5,9,11-14,16,18H2. The Bertz CT molecular complexity index is 1020. The molecule has 0 unspecified atom stereocenters. The van der Waals surface area contributed by atoms with E-state index in [4.69, 9.17) is 9.47 Å². The molecule has 0 saturated heterocycles. The minimum Gasteiger partial charge on any atom is -0.491 e. The van der Waals surface area contributed by atoms with Crippen LogP contribution in [0.15, 0.2) is 61.2 Å². The van der Waals surface area contributed by atoms with Crippen molar-refractivity contribution < 1.29 is 18.7 Å². The lowest BCUT2D eigenvalue weighted by Crippen LogP contribution is -2.34. The van der Waals surface area contributed by atoms with Gasteiger partial charge >= 0.3 is 0 Å². The highest BCUT2D eigenvalue weighted by molar-refractivity contribution is 5.76. The van der Waals surface area contributed by atoms with Crippen LogP contribution >= 0.6 is 0 Å². The lowest BCUT2D eigenvalue weighted by atomic mass is 10.0. The number of nitrogens with zero attached hydrogens (tertiary/aromatic N) is 3. The van der Waals surface area contributed by atoms with Gasteiger partial charge in [0, 0.05) is 50.4 Å². The molecule has 168 valence electrons. The van der Waals surface area contributed by atoms with Gasteiger partial charge < -0.3 is 18.9 Å². The Hall–Kier alpha value is -3.19. The van der Waals surface area contributed by atoms with Crippen molar-refractivity contribution in [3.05, 3.63) is 83.7 Å². The van der Waals surface area contributed by atoms with E-state index in [1.54, 1.807) is 18.6 Å². The van der Waals surface area contributed by atoms with Crippen molar-refractivity contribution in [3.8, 4) is 5.75 Å². The van der Waals surface area contributed by atoms with Gasteiger partial charge in [-0.2, -0.15) is 0 Å². The number of hydrogen-bond acceptors (Lipinski definition) is 4. The van der Waals surface area contributed by atoms with Crippen LogP contribution in [0, 0.1) is 5.82 Å². The van der Waals surface area contributed by atoms with Crippen LogP contribution in [0.1, 0.15) is 29.5 Å². The molecule has 32 heavy (non-hydrogen) atoms. The molecule has 1 aromatic heterocycles. The normalized spacial score (nSPS) is 14.8. The van der Waals surface area contributed by atoms with Gasteiger partial charge in [-0.25, -0.2) is 9.37 Å². The summed E-state index contributed by atoms with van der Waals surface area (Å²) in [7, 11) is 0. The minimum absolute atomic E-state index is 0.106. The van der Waals surface area contributed by atoms with E-state index < -0.39 is 0 Å². The summed E-state index contributed by atoms with van der Waals surface area (Å²) < 4.78 is 27.4. The molecule has 0 radical (unpaired) electrons. The highest BCUT2D eigenvalue weighted by atomic mass is 19.1. The third kappa shape index (κ3) is 6.17. The molecule has 0 aliphatic carbocycles. The zero-order chi connectivity index (χ0) is 22.2. The monoisotopic (exact) mass is 437 g/mol. The number of halogens is 1. The lowest BCUT2D eigenvalue weighted by molar-refractivity contribution is -0.132. The van der Waals surface area contributed by atoms with Gasteiger partial charge in [-0.05, 0) is 35.7 Å². The van der Waals surface area contributed by atoms with E-state index in [0.717, 1.165) is 29.7 Å². The number of ether oxygens (including phenoxy) is 2. The molecule has 2 aromatic carbocycles. The van der Waals surface area contributed by atoms with Crippen LogP contribution in [0.25, 0.3) is 0 Å². The first-order valence-corrected chi connectivity index (χ1v) is 11.0. The Kier molecular flexibility index (Phi) is 7.51. The SMILES string of the molecule is O=C(CCCn1ccnc1)N1CCOCCOc2ccc(F)cc2Cc2cccc(c2)C1. The Morgan fingerprint density at radius 3 is 2.88 bits per heavy atom. The molecule has 0 N–H and O–H groups in total. The summed E-state index contributed by atoms with van der Waals surface area (Å²) in [5.74, 6) is 0.496. The summed E-state index contributed by atoms with van der Waals surface area (Å²) in [4.78, 5) is 18.8. The topological polar surface area (TPSA) is 56.6 Å². The summed E-state index contributed by atoms with van der Waals surface area (Å²) in [5.41, 5.74) is 2.90. The third-order valence-corrected chi connectivity index (χ3v) is 5.49. The molecule has 1 amide bonds. The summed E-state index contributed by atoms with van der Waals surface area (Å²) in [5, 5.41) is 0. The van der Waals surface area contributed by atoms with E-state index in [1.807, 2.05) is 33.9 Å². The highest BCUT2D eigenvalue weighted by Gasteiger charge is 2.15. The van der Waals surface area contributed by atoms with Crippen molar-refractivity contribution in [1.29, 1.82) is 0 Å². The average molecular weight is 438 g/mol. The minimum atomic E-state index is -0.284. The average Bonchev–Trinajstić information content (AvgIpc) is 3.30. The number of benzene rings is 2. The Labute approximate surface area is 187 Å². The number of hydrogen-bond donors (Lipinski definition) is 0. The smallest absolute Gasteiger partial charge is 0.223 e. The van der Waals surface area contributed by atoms with Gasteiger partial charge in [0.2, 0.25) is 5.91 Å². The van der Waals surface area contributed by atoms with Gasteiger partial charge in [0.1, 0.15) is 18.2 Å². The molecule has 2 heterocycles. The molecule has 6 nitrogen and oxygen atoms in total. The summed E-state index contributed by atoms with van der Waals surface area (Å²) >= 11 is 0. The number of aromatic nitrogens is 2. The lowest BCUT2D eigenvalue weighted by Gasteiger charge is -2.24. The van der Waals surface area contributed by atoms with Gasteiger partial charge in [0.25, 0.3) is 0 Å². The second-order valence-corrected chi connectivity index (χ2v) is 7.93. The maximum absolute atomic E-state index is 13.8. The van der Waals surface area contributed by atoms with Gasteiger partial charge in [-0.1, -0.05) is 24.3 Å². The van der Waals surface area contributed by atoms with Crippen LogP contribution in [-0.2, 0) is 29.0 Å². The first-order chi connectivity index (χ1) is 15.7. The van der Waals surface area contributed by atoms with Gasteiger partial charge in [-0.3, -0.25) is 4.79 Å². The number of carbonyl (C=O) groups excluding carboxylic acids is 1. The van der Waals surface area contributed by atoms with Crippen LogP contribution in [-0.4, -0.2) is 46.7 Å². The van der Waals surface area contributed by atoms with Crippen LogP contribution < -0.4 is 4.74 Å². The van der Waals surface area contributed by atoms with E-state index in [1.165, 1.54) is 12.1 Å². The summed E-state index contributed by atoms with van der Waals surface area (Å²) in [6.45, 7) is 3.03. The number of rotatable bonds is 4. The molecule has 7 heteroatoms. The van der Waals surface area contributed by atoms with E-state index >= 15 is 0 Å². The predicted molar refractivity (Wildman–Crippen MR) is 119 cm³/mol. The second kappa shape index (κ2) is 10.9. The number of carbonyl (C=O) groups is 1. The van der Waals surface area contributed by atoms with Crippen molar-refractivity contribution in [3.63, 3.8) is 0 Å². The van der Waals surface area contributed by atoms with Crippen molar-refractivity contribution in [1.82, 2.24) is 14.5 Å². The van der Waals surface area contributed by atoms with Gasteiger partial charge in [0.05, 0.1) is 19.5 Å². The zero-order valence-electron chi connectivity index (χ0n) is 18.1. The van der Waals surface area contributed by atoms with Crippen LogP contribution in [0.5, 0.6) is 5.75 Å². The predicted octanol–water partition coefficient (Wildman–Crippen LogP) is 3.83.